The highest BCUT2D eigenvalue weighted by molar-refractivity contribution is 6.30. The maximum absolute atomic E-state index is 11.5. The number of hydrogen-bond donors (Lipinski definition) is 4. The molecule has 1 heterocycles. The van der Waals surface area contributed by atoms with Crippen molar-refractivity contribution in [3.05, 3.63) is 63.0 Å². The molecule has 21 heavy (non-hydrogen) atoms. The minimum Gasteiger partial charge on any atom is -0.477 e. The summed E-state index contributed by atoms with van der Waals surface area (Å²) in [6.07, 6.45) is 0.452. The second-order valence-corrected chi connectivity index (χ2v) is 4.79. The number of halogens is 1. The van der Waals surface area contributed by atoms with Gasteiger partial charge in [0.05, 0.1) is 11.8 Å². The lowest BCUT2D eigenvalue weighted by Gasteiger charge is -2.14. The molecule has 0 saturated carbocycles. The summed E-state index contributed by atoms with van der Waals surface area (Å²) in [5.74, 6) is -1.34. The quantitative estimate of drug-likeness (QED) is 0.675. The highest BCUT2D eigenvalue weighted by atomic mass is 35.5. The molecule has 0 saturated heterocycles. The Morgan fingerprint density at radius 2 is 2.14 bits per heavy atom. The van der Waals surface area contributed by atoms with Crippen LogP contribution in [0.2, 0.25) is 5.02 Å². The van der Waals surface area contributed by atoms with Gasteiger partial charge < -0.3 is 20.5 Å². The minimum absolute atomic E-state index is 0.0457. The lowest BCUT2D eigenvalue weighted by molar-refractivity contribution is 0.0696. The van der Waals surface area contributed by atoms with Crippen molar-refractivity contribution in [2.24, 2.45) is 0 Å². The van der Waals surface area contributed by atoms with E-state index in [0.717, 1.165) is 0 Å². The van der Waals surface area contributed by atoms with Crippen molar-refractivity contribution in [1.82, 2.24) is 4.98 Å². The third kappa shape index (κ3) is 3.62. The number of carboxylic acids is 1. The van der Waals surface area contributed by atoms with Crippen LogP contribution < -0.4 is 10.9 Å². The Morgan fingerprint density at radius 3 is 2.81 bits per heavy atom. The van der Waals surface area contributed by atoms with Gasteiger partial charge in [0, 0.05) is 17.8 Å². The summed E-state index contributed by atoms with van der Waals surface area (Å²) in [5.41, 5.74) is -0.357. The molecule has 0 aliphatic heterocycles. The predicted molar refractivity (Wildman–Crippen MR) is 78.9 cm³/mol. The highest BCUT2D eigenvalue weighted by Gasteiger charge is 2.15. The molecule has 0 aliphatic carbocycles. The topological polar surface area (TPSA) is 102 Å². The van der Waals surface area contributed by atoms with Gasteiger partial charge in [0.15, 0.2) is 0 Å². The molecule has 2 rings (SSSR count). The molecule has 1 atom stereocenters. The van der Waals surface area contributed by atoms with Gasteiger partial charge in [-0.15, -0.1) is 0 Å². The third-order valence-corrected chi connectivity index (χ3v) is 3.13. The SMILES string of the molecule is O=C(O)c1c(NC[C@H](O)c2cccc(Cl)c2)cc[nH]c1=O. The number of carbonyl (C=O) groups is 1. The average molecular weight is 309 g/mol. The van der Waals surface area contributed by atoms with Crippen molar-refractivity contribution in [3.8, 4) is 0 Å². The normalized spacial score (nSPS) is 11.9. The van der Waals surface area contributed by atoms with E-state index in [0.29, 0.717) is 10.6 Å². The van der Waals surface area contributed by atoms with E-state index in [1.54, 1.807) is 24.3 Å². The Hall–Kier alpha value is -2.31. The molecular weight excluding hydrogens is 296 g/mol. The van der Waals surface area contributed by atoms with E-state index in [-0.39, 0.29) is 12.2 Å². The maximum atomic E-state index is 11.5. The molecule has 2 aromatic rings. The highest BCUT2D eigenvalue weighted by Crippen LogP contribution is 2.19. The van der Waals surface area contributed by atoms with Crippen molar-refractivity contribution in [2.45, 2.75) is 6.10 Å². The number of benzene rings is 1. The van der Waals surface area contributed by atoms with Crippen molar-refractivity contribution in [2.75, 3.05) is 11.9 Å². The molecule has 110 valence electrons. The molecular formula is C14H13ClN2O4. The summed E-state index contributed by atoms with van der Waals surface area (Å²) in [6, 6.07) is 8.13. The number of rotatable bonds is 5. The smallest absolute Gasteiger partial charge is 0.343 e. The number of aliphatic hydroxyl groups is 1. The minimum atomic E-state index is -1.34. The van der Waals surface area contributed by atoms with Crippen molar-refractivity contribution >= 4 is 23.3 Å². The van der Waals surface area contributed by atoms with Gasteiger partial charge in [-0.3, -0.25) is 4.79 Å². The monoisotopic (exact) mass is 308 g/mol. The second kappa shape index (κ2) is 6.43. The first-order valence-electron chi connectivity index (χ1n) is 6.11. The molecule has 7 heteroatoms. The molecule has 0 radical (unpaired) electrons. The van der Waals surface area contributed by atoms with E-state index in [2.05, 4.69) is 10.3 Å². The van der Waals surface area contributed by atoms with Crippen LogP contribution >= 0.6 is 11.6 Å². The number of H-pyrrole nitrogens is 1. The predicted octanol–water partition coefficient (Wildman–Crippen LogP) is 1.87. The van der Waals surface area contributed by atoms with Gasteiger partial charge in [-0.05, 0) is 23.8 Å². The van der Waals surface area contributed by atoms with Crippen LogP contribution in [-0.4, -0.2) is 27.7 Å². The third-order valence-electron chi connectivity index (χ3n) is 2.89. The lowest BCUT2D eigenvalue weighted by Crippen LogP contribution is -2.21. The zero-order valence-electron chi connectivity index (χ0n) is 10.8. The van der Waals surface area contributed by atoms with Gasteiger partial charge >= 0.3 is 5.97 Å². The van der Waals surface area contributed by atoms with Gasteiger partial charge in [-0.25, -0.2) is 4.79 Å². The second-order valence-electron chi connectivity index (χ2n) is 4.35. The van der Waals surface area contributed by atoms with E-state index in [1.807, 2.05) is 0 Å². The summed E-state index contributed by atoms with van der Waals surface area (Å²) in [4.78, 5) is 24.8. The first-order chi connectivity index (χ1) is 9.99. The fraction of sp³-hybridized carbons (Fsp3) is 0.143. The first-order valence-corrected chi connectivity index (χ1v) is 6.49. The number of aromatic amines is 1. The summed E-state index contributed by atoms with van der Waals surface area (Å²) < 4.78 is 0. The van der Waals surface area contributed by atoms with Gasteiger partial charge in [-0.2, -0.15) is 0 Å². The van der Waals surface area contributed by atoms with Crippen LogP contribution in [-0.2, 0) is 0 Å². The maximum Gasteiger partial charge on any atom is 0.343 e. The standard InChI is InChI=1S/C14H13ClN2O4/c15-9-3-1-2-8(6-9)11(18)7-17-10-4-5-16-13(19)12(10)14(20)21/h1-6,11,18H,7H2,(H,20,21)(H2,16,17,19)/t11-/m0/s1. The Morgan fingerprint density at radius 1 is 1.38 bits per heavy atom. The lowest BCUT2D eigenvalue weighted by atomic mass is 10.1. The van der Waals surface area contributed by atoms with E-state index >= 15 is 0 Å². The zero-order chi connectivity index (χ0) is 15.4. The van der Waals surface area contributed by atoms with Gasteiger partial charge in [0.2, 0.25) is 0 Å². The molecule has 0 amide bonds. The first kappa shape index (κ1) is 15.1. The molecule has 0 spiro atoms. The number of hydrogen-bond acceptors (Lipinski definition) is 4. The van der Waals surface area contributed by atoms with Crippen LogP contribution in [0.3, 0.4) is 0 Å². The molecule has 4 N–H and O–H groups in total. The van der Waals surface area contributed by atoms with Crippen LogP contribution in [0.25, 0.3) is 0 Å². The fourth-order valence-corrected chi connectivity index (χ4v) is 2.08. The van der Waals surface area contributed by atoms with Crippen molar-refractivity contribution in [1.29, 1.82) is 0 Å². The van der Waals surface area contributed by atoms with Crippen LogP contribution in [0, 0.1) is 0 Å². The van der Waals surface area contributed by atoms with Gasteiger partial charge in [0.25, 0.3) is 5.56 Å². The zero-order valence-corrected chi connectivity index (χ0v) is 11.6. The summed E-state index contributed by atoms with van der Waals surface area (Å²) in [6.45, 7) is 0.0457. The fourth-order valence-electron chi connectivity index (χ4n) is 1.88. The Kier molecular flexibility index (Phi) is 4.62. The molecule has 1 aromatic carbocycles. The summed E-state index contributed by atoms with van der Waals surface area (Å²) >= 11 is 5.84. The summed E-state index contributed by atoms with van der Waals surface area (Å²) in [5, 5.41) is 22.3. The van der Waals surface area contributed by atoms with Gasteiger partial charge in [0.1, 0.15) is 5.56 Å². The van der Waals surface area contributed by atoms with Crippen molar-refractivity contribution < 1.29 is 15.0 Å². The summed E-state index contributed by atoms with van der Waals surface area (Å²) in [7, 11) is 0. The van der Waals surface area contributed by atoms with E-state index in [1.165, 1.54) is 12.3 Å². The Bertz CT molecular complexity index is 714. The molecule has 1 aromatic heterocycles. The van der Waals surface area contributed by atoms with E-state index in [9.17, 15) is 14.7 Å². The number of aromatic nitrogens is 1. The van der Waals surface area contributed by atoms with E-state index in [4.69, 9.17) is 16.7 Å². The van der Waals surface area contributed by atoms with Crippen LogP contribution in [0.15, 0.2) is 41.3 Å². The molecule has 6 nitrogen and oxygen atoms in total. The largest absolute Gasteiger partial charge is 0.477 e. The molecule has 0 aliphatic rings. The number of carboxylic acid groups (broad SMARTS) is 1. The molecule has 0 bridgehead atoms. The Labute approximate surface area is 125 Å². The number of aliphatic hydroxyl groups excluding tert-OH is 1. The number of aromatic carboxylic acids is 1. The van der Waals surface area contributed by atoms with Crippen LogP contribution in [0.5, 0.6) is 0 Å². The Balaban J connectivity index is 2.15. The van der Waals surface area contributed by atoms with Crippen molar-refractivity contribution in [3.63, 3.8) is 0 Å². The number of anilines is 1. The van der Waals surface area contributed by atoms with Crippen LogP contribution in [0.4, 0.5) is 5.69 Å². The molecule has 0 unspecified atom stereocenters. The number of pyridine rings is 1. The van der Waals surface area contributed by atoms with E-state index < -0.39 is 23.2 Å². The van der Waals surface area contributed by atoms with Gasteiger partial charge in [-0.1, -0.05) is 23.7 Å². The van der Waals surface area contributed by atoms with Crippen LogP contribution in [0.1, 0.15) is 22.0 Å². The molecule has 0 fully saturated rings. The average Bonchev–Trinajstić information content (AvgIpc) is 2.44. The number of nitrogens with one attached hydrogen (secondary N) is 2.